The zero-order valence-electron chi connectivity index (χ0n) is 14.9. The molecule has 3 aromatic rings. The highest BCUT2D eigenvalue weighted by molar-refractivity contribution is 7.89. The fourth-order valence-corrected chi connectivity index (χ4v) is 3.86. The van der Waals surface area contributed by atoms with Gasteiger partial charge in [-0.15, -0.1) is 0 Å². The van der Waals surface area contributed by atoms with E-state index in [0.717, 1.165) is 41.1 Å². The monoisotopic (exact) mass is 384 g/mol. The Morgan fingerprint density at radius 1 is 1.04 bits per heavy atom. The number of morpholine rings is 1. The van der Waals surface area contributed by atoms with Crippen LogP contribution in [-0.2, 0) is 14.8 Å². The standard InChI is InChI=1S/C19H20N4O3S/c1-20-27(24,25)16-4-2-3-14(11-16)15-5-6-17-18(12-15)22-19(13-21-17)23-7-9-26-10-8-23/h2-6,11-13,20H,7-10H2,1H3. The van der Waals surface area contributed by atoms with E-state index in [0.29, 0.717) is 13.2 Å². The first-order chi connectivity index (χ1) is 13.1. The Balaban J connectivity index is 1.73. The van der Waals surface area contributed by atoms with Crippen molar-refractivity contribution < 1.29 is 13.2 Å². The van der Waals surface area contributed by atoms with Crippen molar-refractivity contribution in [3.05, 3.63) is 48.7 Å². The van der Waals surface area contributed by atoms with Gasteiger partial charge in [0.1, 0.15) is 5.82 Å². The van der Waals surface area contributed by atoms with Crippen molar-refractivity contribution in [2.24, 2.45) is 0 Å². The van der Waals surface area contributed by atoms with Crippen LogP contribution in [0.25, 0.3) is 22.2 Å². The van der Waals surface area contributed by atoms with Crippen molar-refractivity contribution in [3.8, 4) is 11.1 Å². The number of hydrogen-bond donors (Lipinski definition) is 1. The molecular weight excluding hydrogens is 364 g/mol. The smallest absolute Gasteiger partial charge is 0.240 e. The van der Waals surface area contributed by atoms with E-state index in [2.05, 4.69) is 14.6 Å². The van der Waals surface area contributed by atoms with Crippen molar-refractivity contribution in [2.75, 3.05) is 38.3 Å². The predicted octanol–water partition coefficient (Wildman–Crippen LogP) is 2.04. The molecule has 0 atom stereocenters. The van der Waals surface area contributed by atoms with E-state index in [1.54, 1.807) is 24.4 Å². The lowest BCUT2D eigenvalue weighted by atomic mass is 10.1. The quantitative estimate of drug-likeness (QED) is 0.741. The predicted molar refractivity (Wildman–Crippen MR) is 104 cm³/mol. The van der Waals surface area contributed by atoms with Crippen molar-refractivity contribution in [1.82, 2.24) is 14.7 Å². The lowest BCUT2D eigenvalue weighted by Crippen LogP contribution is -2.36. The van der Waals surface area contributed by atoms with Gasteiger partial charge in [0.15, 0.2) is 0 Å². The molecule has 27 heavy (non-hydrogen) atoms. The van der Waals surface area contributed by atoms with Gasteiger partial charge in [-0.2, -0.15) is 0 Å². The molecule has 1 fully saturated rings. The summed E-state index contributed by atoms with van der Waals surface area (Å²) in [7, 11) is -2.09. The zero-order chi connectivity index (χ0) is 18.9. The van der Waals surface area contributed by atoms with Gasteiger partial charge in [-0.25, -0.2) is 18.1 Å². The molecule has 2 aromatic carbocycles. The molecule has 7 nitrogen and oxygen atoms in total. The van der Waals surface area contributed by atoms with Crippen LogP contribution >= 0.6 is 0 Å². The number of ether oxygens (including phenoxy) is 1. The van der Waals surface area contributed by atoms with E-state index in [-0.39, 0.29) is 4.90 Å². The van der Waals surface area contributed by atoms with E-state index in [1.807, 2.05) is 24.3 Å². The van der Waals surface area contributed by atoms with Gasteiger partial charge >= 0.3 is 0 Å². The third kappa shape index (κ3) is 3.64. The average Bonchev–Trinajstić information content (AvgIpc) is 2.73. The summed E-state index contributed by atoms with van der Waals surface area (Å²) in [6.45, 7) is 2.96. The van der Waals surface area contributed by atoms with Gasteiger partial charge in [-0.05, 0) is 42.4 Å². The highest BCUT2D eigenvalue weighted by Crippen LogP contribution is 2.26. The highest BCUT2D eigenvalue weighted by atomic mass is 32.2. The van der Waals surface area contributed by atoms with Crippen molar-refractivity contribution in [3.63, 3.8) is 0 Å². The fourth-order valence-electron chi connectivity index (χ4n) is 3.09. The molecule has 8 heteroatoms. The van der Waals surface area contributed by atoms with Gasteiger partial charge in [0.2, 0.25) is 10.0 Å². The molecular formula is C19H20N4O3S. The minimum atomic E-state index is -3.49. The van der Waals surface area contributed by atoms with Crippen molar-refractivity contribution >= 4 is 26.9 Å². The number of nitrogens with one attached hydrogen (secondary N) is 1. The largest absolute Gasteiger partial charge is 0.378 e. The summed E-state index contributed by atoms with van der Waals surface area (Å²) in [5.41, 5.74) is 3.28. The molecule has 4 rings (SSSR count). The number of sulfonamides is 1. The Hall–Kier alpha value is -2.55. The topological polar surface area (TPSA) is 84.4 Å². The number of rotatable bonds is 4. The minimum absolute atomic E-state index is 0.232. The van der Waals surface area contributed by atoms with Gasteiger partial charge in [0.25, 0.3) is 0 Å². The minimum Gasteiger partial charge on any atom is -0.378 e. The number of fused-ring (bicyclic) bond motifs is 1. The van der Waals surface area contributed by atoms with Crippen LogP contribution in [0.1, 0.15) is 0 Å². The summed E-state index contributed by atoms with van der Waals surface area (Å²) in [6.07, 6.45) is 1.79. The van der Waals surface area contributed by atoms with Crippen LogP contribution < -0.4 is 9.62 Å². The molecule has 0 amide bonds. The number of anilines is 1. The van der Waals surface area contributed by atoms with Gasteiger partial charge in [0, 0.05) is 13.1 Å². The second kappa shape index (κ2) is 7.22. The maximum atomic E-state index is 12.1. The molecule has 140 valence electrons. The van der Waals surface area contributed by atoms with Crippen molar-refractivity contribution in [1.29, 1.82) is 0 Å². The summed E-state index contributed by atoms with van der Waals surface area (Å²) in [5, 5.41) is 0. The first-order valence-corrected chi connectivity index (χ1v) is 10.2. The van der Waals surface area contributed by atoms with Crippen LogP contribution in [-0.4, -0.2) is 51.7 Å². The van der Waals surface area contributed by atoms with E-state index in [1.165, 1.54) is 7.05 Å². The molecule has 0 saturated carbocycles. The molecule has 1 N–H and O–H groups in total. The number of benzene rings is 2. The molecule has 0 spiro atoms. The van der Waals surface area contributed by atoms with Crippen LogP contribution in [0.4, 0.5) is 5.82 Å². The Morgan fingerprint density at radius 2 is 1.81 bits per heavy atom. The van der Waals surface area contributed by atoms with Gasteiger partial charge in [-0.3, -0.25) is 4.98 Å². The SMILES string of the molecule is CNS(=O)(=O)c1cccc(-c2ccc3ncc(N4CCOCC4)nc3c2)c1. The number of nitrogens with zero attached hydrogens (tertiary/aromatic N) is 3. The molecule has 2 heterocycles. The Labute approximate surface area is 158 Å². The Bertz CT molecular complexity index is 1080. The maximum absolute atomic E-state index is 12.1. The molecule has 1 aromatic heterocycles. The Kier molecular flexibility index (Phi) is 4.77. The highest BCUT2D eigenvalue weighted by Gasteiger charge is 2.15. The van der Waals surface area contributed by atoms with Crippen LogP contribution in [0.3, 0.4) is 0 Å². The normalized spacial score (nSPS) is 15.2. The zero-order valence-corrected chi connectivity index (χ0v) is 15.7. The molecule has 1 saturated heterocycles. The summed E-state index contributed by atoms with van der Waals surface area (Å²) in [4.78, 5) is 11.6. The molecule has 0 aliphatic carbocycles. The fraction of sp³-hybridized carbons (Fsp3) is 0.263. The number of hydrogen-bond acceptors (Lipinski definition) is 6. The second-order valence-corrected chi connectivity index (χ2v) is 8.15. The van der Waals surface area contributed by atoms with E-state index < -0.39 is 10.0 Å². The third-order valence-corrected chi connectivity index (χ3v) is 6.02. The average molecular weight is 384 g/mol. The summed E-state index contributed by atoms with van der Waals surface area (Å²) >= 11 is 0. The lowest BCUT2D eigenvalue weighted by molar-refractivity contribution is 0.122. The van der Waals surface area contributed by atoms with Crippen LogP contribution in [0, 0.1) is 0 Å². The lowest BCUT2D eigenvalue weighted by Gasteiger charge is -2.27. The summed E-state index contributed by atoms with van der Waals surface area (Å²) < 4.78 is 31.9. The summed E-state index contributed by atoms with van der Waals surface area (Å²) in [5.74, 6) is 0.828. The molecule has 0 radical (unpaired) electrons. The summed E-state index contributed by atoms with van der Waals surface area (Å²) in [6, 6.07) is 12.6. The molecule has 0 bridgehead atoms. The van der Waals surface area contributed by atoms with Gasteiger partial charge in [-0.1, -0.05) is 18.2 Å². The maximum Gasteiger partial charge on any atom is 0.240 e. The van der Waals surface area contributed by atoms with Crippen LogP contribution in [0.5, 0.6) is 0 Å². The van der Waals surface area contributed by atoms with Gasteiger partial charge in [0.05, 0.1) is 35.3 Å². The van der Waals surface area contributed by atoms with Crippen LogP contribution in [0.2, 0.25) is 0 Å². The molecule has 0 unspecified atom stereocenters. The first kappa shape index (κ1) is 17.8. The van der Waals surface area contributed by atoms with Crippen molar-refractivity contribution in [2.45, 2.75) is 4.90 Å². The third-order valence-electron chi connectivity index (χ3n) is 4.61. The number of aromatic nitrogens is 2. The van der Waals surface area contributed by atoms with Crippen LogP contribution in [0.15, 0.2) is 53.6 Å². The Morgan fingerprint density at radius 3 is 2.59 bits per heavy atom. The van der Waals surface area contributed by atoms with E-state index >= 15 is 0 Å². The van der Waals surface area contributed by atoms with Gasteiger partial charge < -0.3 is 9.64 Å². The van der Waals surface area contributed by atoms with E-state index in [4.69, 9.17) is 9.72 Å². The molecule has 1 aliphatic rings. The second-order valence-electron chi connectivity index (χ2n) is 6.27. The first-order valence-electron chi connectivity index (χ1n) is 8.70. The molecule has 1 aliphatic heterocycles. The van der Waals surface area contributed by atoms with E-state index in [9.17, 15) is 8.42 Å².